The molecule has 0 aliphatic heterocycles. The van der Waals surface area contributed by atoms with Gasteiger partial charge < -0.3 is 15.2 Å². The highest BCUT2D eigenvalue weighted by atomic mass is 16.5. The fraction of sp³-hybridized carbons (Fsp3) is 0.333. The van der Waals surface area contributed by atoms with Crippen LogP contribution < -0.4 is 15.2 Å². The summed E-state index contributed by atoms with van der Waals surface area (Å²) in [6, 6.07) is 5.36. The maximum atomic E-state index is 5.55. The van der Waals surface area contributed by atoms with E-state index >= 15 is 0 Å². The van der Waals surface area contributed by atoms with E-state index < -0.39 is 0 Å². The lowest BCUT2D eigenvalue weighted by Gasteiger charge is -2.04. The summed E-state index contributed by atoms with van der Waals surface area (Å²) in [5.74, 6) is 7.29. The molecule has 2 N–H and O–H groups in total. The zero-order valence-corrected chi connectivity index (χ0v) is 9.20. The second kappa shape index (κ2) is 5.28. The molecule has 0 fully saturated rings. The van der Waals surface area contributed by atoms with Crippen LogP contribution in [-0.2, 0) is 0 Å². The van der Waals surface area contributed by atoms with E-state index in [2.05, 4.69) is 11.8 Å². The summed E-state index contributed by atoms with van der Waals surface area (Å²) in [4.78, 5) is 0. The molecule has 1 aromatic rings. The topological polar surface area (TPSA) is 44.5 Å². The van der Waals surface area contributed by atoms with Crippen molar-refractivity contribution < 1.29 is 9.47 Å². The van der Waals surface area contributed by atoms with Crippen molar-refractivity contribution in [1.29, 1.82) is 0 Å². The molecule has 0 amide bonds. The number of benzene rings is 1. The number of methoxy groups -OCH3 is 2. The molecule has 80 valence electrons. The molecule has 0 aromatic heterocycles. The summed E-state index contributed by atoms with van der Waals surface area (Å²) in [5, 5.41) is 0. The highest BCUT2D eigenvalue weighted by Gasteiger charge is 1.99. The molecule has 1 rings (SSSR count). The van der Waals surface area contributed by atoms with Crippen molar-refractivity contribution in [2.24, 2.45) is 5.73 Å². The van der Waals surface area contributed by atoms with Gasteiger partial charge in [-0.2, -0.15) is 0 Å². The smallest absolute Gasteiger partial charge is 0.123 e. The normalized spacial score (nSPS) is 11.2. The molecule has 3 heteroatoms. The third-order valence-electron chi connectivity index (χ3n) is 1.80. The van der Waals surface area contributed by atoms with Gasteiger partial charge in [0.1, 0.15) is 11.5 Å². The van der Waals surface area contributed by atoms with Crippen molar-refractivity contribution in [3.63, 3.8) is 0 Å². The Balaban J connectivity index is 3.03. The van der Waals surface area contributed by atoms with Crippen LogP contribution in [0.3, 0.4) is 0 Å². The maximum Gasteiger partial charge on any atom is 0.123 e. The Hall–Kier alpha value is -1.66. The molecule has 0 bridgehead atoms. The van der Waals surface area contributed by atoms with Gasteiger partial charge in [0.05, 0.1) is 20.3 Å². The summed E-state index contributed by atoms with van der Waals surface area (Å²) in [7, 11) is 3.22. The largest absolute Gasteiger partial charge is 0.497 e. The molecular formula is C12H15NO2. The quantitative estimate of drug-likeness (QED) is 0.742. The van der Waals surface area contributed by atoms with E-state index in [1.807, 2.05) is 19.1 Å². The van der Waals surface area contributed by atoms with E-state index in [1.165, 1.54) is 0 Å². The van der Waals surface area contributed by atoms with E-state index in [1.54, 1.807) is 20.3 Å². The van der Waals surface area contributed by atoms with Gasteiger partial charge in [0.25, 0.3) is 0 Å². The van der Waals surface area contributed by atoms with Crippen LogP contribution in [0.2, 0.25) is 0 Å². The second-order valence-corrected chi connectivity index (χ2v) is 3.16. The number of hydrogen-bond donors (Lipinski definition) is 1. The number of rotatable bonds is 2. The first-order valence-electron chi connectivity index (χ1n) is 4.66. The van der Waals surface area contributed by atoms with Crippen molar-refractivity contribution in [3.8, 4) is 23.3 Å². The molecule has 1 aromatic carbocycles. The number of ether oxygens (including phenoxy) is 2. The zero-order chi connectivity index (χ0) is 11.3. The summed E-state index contributed by atoms with van der Waals surface area (Å²) < 4.78 is 10.3. The lowest BCUT2D eigenvalue weighted by Crippen LogP contribution is -2.10. The molecule has 0 saturated carbocycles. The highest BCUT2D eigenvalue weighted by Crippen LogP contribution is 2.21. The summed E-state index contributed by atoms with van der Waals surface area (Å²) in [6.45, 7) is 1.84. The number of hydrogen-bond acceptors (Lipinski definition) is 3. The van der Waals surface area contributed by atoms with Crippen molar-refractivity contribution in [1.82, 2.24) is 0 Å². The Labute approximate surface area is 90.2 Å². The Morgan fingerprint density at radius 2 is 1.67 bits per heavy atom. The molecule has 3 nitrogen and oxygen atoms in total. The van der Waals surface area contributed by atoms with Crippen LogP contribution in [-0.4, -0.2) is 20.3 Å². The lowest BCUT2D eigenvalue weighted by atomic mass is 10.2. The molecule has 0 heterocycles. The van der Waals surface area contributed by atoms with Gasteiger partial charge in [0.15, 0.2) is 0 Å². The third-order valence-corrected chi connectivity index (χ3v) is 1.80. The van der Waals surface area contributed by atoms with E-state index in [-0.39, 0.29) is 6.04 Å². The van der Waals surface area contributed by atoms with Crippen molar-refractivity contribution in [2.75, 3.05) is 14.2 Å². The Morgan fingerprint density at radius 1 is 1.13 bits per heavy atom. The van der Waals surface area contributed by atoms with E-state index in [9.17, 15) is 0 Å². The van der Waals surface area contributed by atoms with Crippen LogP contribution >= 0.6 is 0 Å². The first-order valence-corrected chi connectivity index (χ1v) is 4.66. The highest BCUT2D eigenvalue weighted by molar-refractivity contribution is 5.46. The fourth-order valence-corrected chi connectivity index (χ4v) is 1.08. The minimum absolute atomic E-state index is 0.137. The Kier molecular flexibility index (Phi) is 4.02. The van der Waals surface area contributed by atoms with Gasteiger partial charge in [0.2, 0.25) is 0 Å². The monoisotopic (exact) mass is 205 g/mol. The van der Waals surface area contributed by atoms with Gasteiger partial charge in [-0.3, -0.25) is 0 Å². The predicted octanol–water partition coefficient (Wildman–Crippen LogP) is 1.40. The van der Waals surface area contributed by atoms with E-state index in [0.29, 0.717) is 0 Å². The van der Waals surface area contributed by atoms with Crippen LogP contribution in [0.25, 0.3) is 0 Å². The first kappa shape index (κ1) is 11.4. The Bertz CT molecular complexity index is 366. The minimum atomic E-state index is -0.137. The number of nitrogens with two attached hydrogens (primary N) is 1. The second-order valence-electron chi connectivity index (χ2n) is 3.16. The third kappa shape index (κ3) is 3.53. The van der Waals surface area contributed by atoms with Gasteiger partial charge in [-0.05, 0) is 19.1 Å². The van der Waals surface area contributed by atoms with Crippen LogP contribution in [0.1, 0.15) is 12.5 Å². The van der Waals surface area contributed by atoms with Crippen molar-refractivity contribution >= 4 is 0 Å². The van der Waals surface area contributed by atoms with Crippen molar-refractivity contribution in [3.05, 3.63) is 23.8 Å². The minimum Gasteiger partial charge on any atom is -0.497 e. The summed E-state index contributed by atoms with van der Waals surface area (Å²) in [6.07, 6.45) is 0. The van der Waals surface area contributed by atoms with E-state index in [4.69, 9.17) is 15.2 Å². The van der Waals surface area contributed by atoms with Crippen molar-refractivity contribution in [2.45, 2.75) is 13.0 Å². The zero-order valence-electron chi connectivity index (χ0n) is 9.20. The Morgan fingerprint density at radius 3 is 2.07 bits per heavy atom. The average molecular weight is 205 g/mol. The van der Waals surface area contributed by atoms with Crippen LogP contribution in [0, 0.1) is 11.8 Å². The molecule has 0 spiro atoms. The van der Waals surface area contributed by atoms with E-state index in [0.717, 1.165) is 17.1 Å². The summed E-state index contributed by atoms with van der Waals surface area (Å²) in [5.41, 5.74) is 6.38. The van der Waals surface area contributed by atoms with Crippen LogP contribution in [0.4, 0.5) is 0 Å². The van der Waals surface area contributed by atoms with Gasteiger partial charge >= 0.3 is 0 Å². The van der Waals surface area contributed by atoms with Crippen LogP contribution in [0.15, 0.2) is 18.2 Å². The van der Waals surface area contributed by atoms with Gasteiger partial charge in [0, 0.05) is 11.6 Å². The molecule has 0 saturated heterocycles. The molecule has 15 heavy (non-hydrogen) atoms. The molecule has 1 atom stereocenters. The predicted molar refractivity (Wildman–Crippen MR) is 60.1 cm³/mol. The lowest BCUT2D eigenvalue weighted by molar-refractivity contribution is 0.394. The molecule has 0 radical (unpaired) electrons. The average Bonchev–Trinajstić information content (AvgIpc) is 2.25. The first-order chi connectivity index (χ1) is 7.15. The standard InChI is InChI=1S/C12H15NO2/c1-9(13)4-5-10-6-11(14-2)8-12(7-10)15-3/h6-9H,13H2,1-3H3. The van der Waals surface area contributed by atoms with Gasteiger partial charge in [-0.25, -0.2) is 0 Å². The SMILES string of the molecule is COc1cc(C#CC(C)N)cc(OC)c1. The van der Waals surface area contributed by atoms with Gasteiger partial charge in [-0.1, -0.05) is 11.8 Å². The fourth-order valence-electron chi connectivity index (χ4n) is 1.08. The summed E-state index contributed by atoms with van der Waals surface area (Å²) >= 11 is 0. The van der Waals surface area contributed by atoms with Crippen LogP contribution in [0.5, 0.6) is 11.5 Å². The molecule has 0 aliphatic rings. The molecular weight excluding hydrogens is 190 g/mol. The van der Waals surface area contributed by atoms with Gasteiger partial charge in [-0.15, -0.1) is 0 Å². The molecule has 0 aliphatic carbocycles. The maximum absolute atomic E-state index is 5.55. The molecule has 1 unspecified atom stereocenters.